The summed E-state index contributed by atoms with van der Waals surface area (Å²) < 4.78 is 5.71. The molecular formula is C45H52N4O11. The highest BCUT2D eigenvalue weighted by atomic mass is 16.5. The maximum absolute atomic E-state index is 13.5. The molecule has 0 radical (unpaired) electrons. The van der Waals surface area contributed by atoms with Crippen molar-refractivity contribution < 1.29 is 54.2 Å². The molecule has 60 heavy (non-hydrogen) atoms. The summed E-state index contributed by atoms with van der Waals surface area (Å²) in [5.74, 6) is -2.42. The van der Waals surface area contributed by atoms with Crippen LogP contribution < -0.4 is 16.0 Å². The fourth-order valence-corrected chi connectivity index (χ4v) is 7.39. The number of carbonyl (C=O) groups is 5. The molecule has 0 heterocycles. The summed E-state index contributed by atoms with van der Waals surface area (Å²) >= 11 is 0. The number of nitrogens with one attached hydrogen (secondary N) is 3. The first-order chi connectivity index (χ1) is 28.9. The lowest BCUT2D eigenvalue weighted by atomic mass is 9.98. The van der Waals surface area contributed by atoms with Crippen LogP contribution in [0, 0.1) is 0 Å². The molecule has 0 saturated heterocycles. The number of aliphatic hydroxyl groups is 4. The van der Waals surface area contributed by atoms with Crippen LogP contribution in [0.2, 0.25) is 0 Å². The average molecular weight is 825 g/mol. The molecule has 1 aliphatic carbocycles. The van der Waals surface area contributed by atoms with Gasteiger partial charge in [0.1, 0.15) is 12.6 Å². The molecular weight excluding hydrogens is 773 g/mol. The maximum Gasteiger partial charge on any atom is 0.407 e. The largest absolute Gasteiger partial charge is 0.480 e. The number of rotatable bonds is 23. The van der Waals surface area contributed by atoms with Gasteiger partial charge >= 0.3 is 12.1 Å². The number of hydrogen-bond acceptors (Lipinski definition) is 11. The Morgan fingerprint density at radius 2 is 1.20 bits per heavy atom. The summed E-state index contributed by atoms with van der Waals surface area (Å²) in [5, 5.41) is 56.1. The smallest absolute Gasteiger partial charge is 0.407 e. The van der Waals surface area contributed by atoms with Crippen molar-refractivity contribution in [2.75, 3.05) is 32.8 Å². The summed E-state index contributed by atoms with van der Waals surface area (Å²) in [6, 6.07) is 29.0. The third-order valence-corrected chi connectivity index (χ3v) is 10.4. The van der Waals surface area contributed by atoms with Gasteiger partial charge in [-0.25, -0.2) is 4.79 Å². The Hall–Kier alpha value is -5.97. The summed E-state index contributed by atoms with van der Waals surface area (Å²) in [6.07, 6.45) is -2.73. The topological polar surface area (TPSA) is 235 Å². The Kier molecular flexibility index (Phi) is 16.9. The van der Waals surface area contributed by atoms with Crippen LogP contribution in [0.5, 0.6) is 0 Å². The van der Waals surface area contributed by atoms with E-state index in [0.717, 1.165) is 27.2 Å². The van der Waals surface area contributed by atoms with E-state index in [9.17, 15) is 49.5 Å². The lowest BCUT2D eigenvalue weighted by Crippen LogP contribution is -2.49. The maximum atomic E-state index is 13.5. The van der Waals surface area contributed by atoms with Crippen molar-refractivity contribution in [3.05, 3.63) is 131 Å². The second kappa shape index (κ2) is 22.4. The number of aliphatic hydroxyl groups excluding tert-OH is 2. The van der Waals surface area contributed by atoms with Gasteiger partial charge in [-0.3, -0.25) is 24.1 Å². The Labute approximate surface area is 348 Å². The van der Waals surface area contributed by atoms with Gasteiger partial charge in [0.25, 0.3) is 5.91 Å². The average Bonchev–Trinajstić information content (AvgIpc) is 3.56. The van der Waals surface area contributed by atoms with Crippen molar-refractivity contribution >= 4 is 29.7 Å². The molecule has 2 unspecified atom stereocenters. The molecule has 0 aliphatic heterocycles. The summed E-state index contributed by atoms with van der Waals surface area (Å²) in [6.45, 7) is -0.682. The van der Waals surface area contributed by atoms with E-state index >= 15 is 0 Å². The molecule has 15 heteroatoms. The molecule has 15 nitrogen and oxygen atoms in total. The molecule has 0 bridgehead atoms. The molecule has 0 saturated carbocycles. The summed E-state index contributed by atoms with van der Waals surface area (Å²) in [7, 11) is 0. The Balaban J connectivity index is 1.14. The number of fused-ring (bicyclic) bond motifs is 3. The van der Waals surface area contributed by atoms with Gasteiger partial charge in [0.05, 0.1) is 19.1 Å². The molecule has 2 atom stereocenters. The predicted octanol–water partition coefficient (Wildman–Crippen LogP) is 3.39. The lowest BCUT2D eigenvalue weighted by molar-refractivity contribution is -0.150. The van der Waals surface area contributed by atoms with Crippen LogP contribution in [0.15, 0.2) is 103 Å². The number of nitrogens with zero attached hydrogens (tertiary/aromatic N) is 1. The van der Waals surface area contributed by atoms with Gasteiger partial charge in [-0.05, 0) is 72.9 Å². The normalized spacial score (nSPS) is 13.1. The van der Waals surface area contributed by atoms with E-state index in [1.165, 1.54) is 0 Å². The zero-order chi connectivity index (χ0) is 43.0. The van der Waals surface area contributed by atoms with Gasteiger partial charge in [-0.1, -0.05) is 91.0 Å². The monoisotopic (exact) mass is 824 g/mol. The van der Waals surface area contributed by atoms with Crippen molar-refractivity contribution in [2.24, 2.45) is 0 Å². The molecule has 4 aromatic carbocycles. The molecule has 1 aliphatic rings. The number of amides is 3. The van der Waals surface area contributed by atoms with Crippen molar-refractivity contribution in [1.82, 2.24) is 20.9 Å². The first-order valence-electron chi connectivity index (χ1n) is 20.0. The van der Waals surface area contributed by atoms with Crippen LogP contribution in [0.4, 0.5) is 4.79 Å². The number of unbranched alkanes of at least 4 members (excludes halogenated alkanes) is 2. The van der Waals surface area contributed by atoms with Crippen LogP contribution in [-0.4, -0.2) is 118 Å². The first-order valence-corrected chi connectivity index (χ1v) is 20.0. The molecule has 5 rings (SSSR count). The van der Waals surface area contributed by atoms with Crippen LogP contribution >= 0.6 is 0 Å². The highest BCUT2D eigenvalue weighted by Crippen LogP contribution is 2.44. The quantitative estimate of drug-likeness (QED) is 0.0306. The molecule has 4 aromatic rings. The first kappa shape index (κ1) is 45.1. The Bertz CT molecular complexity index is 2010. The Morgan fingerprint density at radius 1 is 0.650 bits per heavy atom. The standard InChI is InChI=1S/C45H52N4O11/c50-39(51)26-49(27-40(52)53)38(44(57)58)19-9-11-25-47-43(56)37(48-45(59)60-28-36-34-16-6-4-14-32(34)33-15-5-7-17-35(33)36)18-8-10-24-46-42(55)31-22-20-30(21-23-31)41(54)29-12-2-1-3-13-29/h1-7,12-17,20-23,36-39,44,50-51,57-58H,8-11,18-19,24-28H2,(H,46,55)(H,47,56)(H,48,59)(H,52,53). The number of carboxylic acids is 1. The minimum atomic E-state index is -1.95. The second-order valence-electron chi connectivity index (χ2n) is 14.6. The number of alkyl carbamates (subject to hydrolysis) is 1. The van der Waals surface area contributed by atoms with Gasteiger partial charge in [0, 0.05) is 35.7 Å². The third kappa shape index (κ3) is 12.8. The van der Waals surface area contributed by atoms with Crippen molar-refractivity contribution in [1.29, 1.82) is 0 Å². The number of ketones is 1. The van der Waals surface area contributed by atoms with Crippen molar-refractivity contribution in [2.45, 2.75) is 69.1 Å². The van der Waals surface area contributed by atoms with Gasteiger partial charge in [-0.2, -0.15) is 0 Å². The van der Waals surface area contributed by atoms with Gasteiger partial charge in [-0.15, -0.1) is 0 Å². The fraction of sp³-hybridized carbons (Fsp3) is 0.356. The highest BCUT2D eigenvalue weighted by Gasteiger charge is 2.30. The number of carboxylic acid groups (broad SMARTS) is 1. The number of aliphatic carboxylic acids is 1. The number of ether oxygens (including phenoxy) is 1. The van der Waals surface area contributed by atoms with Crippen LogP contribution in [0.3, 0.4) is 0 Å². The van der Waals surface area contributed by atoms with E-state index in [4.69, 9.17) is 4.74 Å². The van der Waals surface area contributed by atoms with E-state index in [2.05, 4.69) is 16.0 Å². The van der Waals surface area contributed by atoms with Crippen molar-refractivity contribution in [3.63, 3.8) is 0 Å². The minimum Gasteiger partial charge on any atom is -0.480 e. The summed E-state index contributed by atoms with van der Waals surface area (Å²) in [4.78, 5) is 64.6. The zero-order valence-electron chi connectivity index (χ0n) is 33.1. The lowest BCUT2D eigenvalue weighted by Gasteiger charge is -2.32. The molecule has 0 aromatic heterocycles. The molecule has 3 amide bonds. The highest BCUT2D eigenvalue weighted by molar-refractivity contribution is 6.09. The van der Waals surface area contributed by atoms with Crippen LogP contribution in [0.25, 0.3) is 11.1 Å². The molecule has 0 spiro atoms. The van der Waals surface area contributed by atoms with E-state index in [1.54, 1.807) is 48.5 Å². The predicted molar refractivity (Wildman–Crippen MR) is 221 cm³/mol. The zero-order valence-corrected chi connectivity index (χ0v) is 33.1. The number of hydrogen-bond donors (Lipinski definition) is 8. The van der Waals surface area contributed by atoms with E-state index < -0.39 is 55.7 Å². The third-order valence-electron chi connectivity index (χ3n) is 10.4. The molecule has 318 valence electrons. The van der Waals surface area contributed by atoms with Gasteiger partial charge < -0.3 is 46.2 Å². The molecule has 0 fully saturated rings. The van der Waals surface area contributed by atoms with Gasteiger partial charge in [0.2, 0.25) is 5.91 Å². The summed E-state index contributed by atoms with van der Waals surface area (Å²) in [5.41, 5.74) is 5.60. The van der Waals surface area contributed by atoms with E-state index in [0.29, 0.717) is 42.4 Å². The second-order valence-corrected chi connectivity index (χ2v) is 14.6. The number of carbonyl (C=O) groups excluding carboxylic acids is 4. The SMILES string of the molecule is O=C(O)CN(CC(O)O)C(CCCCNC(=O)C(CCCCNC(=O)c1ccc(C(=O)c2ccccc2)cc1)NC(=O)OCC1c2ccccc2-c2ccccc21)C(O)O. The fourth-order valence-electron chi connectivity index (χ4n) is 7.39. The molecule has 8 N–H and O–H groups in total. The number of benzene rings is 4. The van der Waals surface area contributed by atoms with Gasteiger partial charge in [0.15, 0.2) is 18.4 Å². The minimum absolute atomic E-state index is 0.0473. The van der Waals surface area contributed by atoms with Crippen molar-refractivity contribution in [3.8, 4) is 11.1 Å². The van der Waals surface area contributed by atoms with E-state index in [1.807, 2.05) is 54.6 Å². The van der Waals surface area contributed by atoms with Crippen LogP contribution in [0.1, 0.15) is 81.8 Å². The Morgan fingerprint density at radius 3 is 1.80 bits per heavy atom. The van der Waals surface area contributed by atoms with E-state index in [-0.39, 0.29) is 50.1 Å². The van der Waals surface area contributed by atoms with Crippen LogP contribution in [-0.2, 0) is 14.3 Å².